The number of nitrogens with two attached hydrogens (primary N) is 1. The van der Waals surface area contributed by atoms with E-state index in [1.54, 1.807) is 0 Å². The lowest BCUT2D eigenvalue weighted by atomic mass is 10.2. The maximum atomic E-state index is 5.68. The van der Waals surface area contributed by atoms with Crippen molar-refractivity contribution in [1.29, 1.82) is 0 Å². The average Bonchev–Trinajstić information content (AvgIpc) is 1.99. The van der Waals surface area contributed by atoms with E-state index in [0.29, 0.717) is 0 Å². The Labute approximate surface area is 73.0 Å². The first-order valence-electron chi connectivity index (χ1n) is 4.09. The van der Waals surface area contributed by atoms with Gasteiger partial charge < -0.3 is 5.73 Å². The van der Waals surface area contributed by atoms with Gasteiger partial charge in [0.25, 0.3) is 0 Å². The highest BCUT2D eigenvalue weighted by atomic mass is 14.9. The molecule has 3 heteroatoms. The number of aryl methyl sites for hydroxylation is 2. The molecule has 3 nitrogen and oxygen atoms in total. The Kier molecular flexibility index (Phi) is 2.43. The fourth-order valence-corrected chi connectivity index (χ4v) is 1.00. The van der Waals surface area contributed by atoms with Crippen LogP contribution in [0.15, 0.2) is 0 Å². The summed E-state index contributed by atoms with van der Waals surface area (Å²) in [5.41, 5.74) is 8.87. The molecule has 66 valence electrons. The van der Waals surface area contributed by atoms with Crippen LogP contribution in [-0.2, 0) is 0 Å². The van der Waals surface area contributed by atoms with Crippen molar-refractivity contribution in [3.8, 4) is 0 Å². The highest BCUT2D eigenvalue weighted by Gasteiger charge is 2.06. The molecule has 0 aliphatic carbocycles. The number of hydrogen-bond acceptors (Lipinski definition) is 3. The third-order valence-electron chi connectivity index (χ3n) is 2.06. The SMILES string of the molecule is Cc1nc(C(C)N)nc(C)c1C. The second kappa shape index (κ2) is 3.19. The standard InChI is InChI=1S/C9H15N3/c1-5-7(3)11-9(6(2)10)12-8(5)4/h6H,10H2,1-4H3. The minimum absolute atomic E-state index is 0.0806. The minimum Gasteiger partial charge on any atom is -0.322 e. The van der Waals surface area contributed by atoms with E-state index in [-0.39, 0.29) is 6.04 Å². The van der Waals surface area contributed by atoms with E-state index in [2.05, 4.69) is 9.97 Å². The van der Waals surface area contributed by atoms with Crippen LogP contribution in [0.25, 0.3) is 0 Å². The summed E-state index contributed by atoms with van der Waals surface area (Å²) in [5.74, 6) is 0.732. The van der Waals surface area contributed by atoms with Crippen molar-refractivity contribution >= 4 is 0 Å². The van der Waals surface area contributed by atoms with E-state index in [1.807, 2.05) is 27.7 Å². The molecule has 0 aromatic carbocycles. The molecule has 1 aromatic rings. The average molecular weight is 165 g/mol. The monoisotopic (exact) mass is 165 g/mol. The molecule has 0 saturated carbocycles. The van der Waals surface area contributed by atoms with Crippen molar-refractivity contribution in [2.75, 3.05) is 0 Å². The molecule has 2 N–H and O–H groups in total. The summed E-state index contributed by atoms with van der Waals surface area (Å²) in [6.45, 7) is 7.88. The van der Waals surface area contributed by atoms with Crippen LogP contribution in [-0.4, -0.2) is 9.97 Å². The first kappa shape index (κ1) is 9.13. The smallest absolute Gasteiger partial charge is 0.145 e. The molecule has 0 radical (unpaired) electrons. The van der Waals surface area contributed by atoms with Crippen LogP contribution in [0, 0.1) is 20.8 Å². The molecule has 1 heterocycles. The zero-order valence-electron chi connectivity index (χ0n) is 8.05. The fraction of sp³-hybridized carbons (Fsp3) is 0.556. The molecular weight excluding hydrogens is 150 g/mol. The molecule has 1 rings (SSSR count). The summed E-state index contributed by atoms with van der Waals surface area (Å²) >= 11 is 0. The molecule has 12 heavy (non-hydrogen) atoms. The normalized spacial score (nSPS) is 13.1. The van der Waals surface area contributed by atoms with Gasteiger partial charge in [-0.15, -0.1) is 0 Å². The van der Waals surface area contributed by atoms with E-state index >= 15 is 0 Å². The highest BCUT2D eigenvalue weighted by Crippen LogP contribution is 2.11. The Balaban J connectivity index is 3.21. The number of hydrogen-bond donors (Lipinski definition) is 1. The molecule has 1 aromatic heterocycles. The van der Waals surface area contributed by atoms with Gasteiger partial charge in [0.2, 0.25) is 0 Å². The Bertz CT molecular complexity index is 269. The van der Waals surface area contributed by atoms with Gasteiger partial charge in [0.1, 0.15) is 5.82 Å². The lowest BCUT2D eigenvalue weighted by Gasteiger charge is -2.08. The second-order valence-corrected chi connectivity index (χ2v) is 3.17. The quantitative estimate of drug-likeness (QED) is 0.684. The number of nitrogens with zero attached hydrogens (tertiary/aromatic N) is 2. The van der Waals surface area contributed by atoms with E-state index in [1.165, 1.54) is 0 Å². The molecule has 0 saturated heterocycles. The predicted octanol–water partition coefficient (Wildman–Crippen LogP) is 1.42. The van der Waals surface area contributed by atoms with Gasteiger partial charge in [-0.05, 0) is 33.3 Å². The Hall–Kier alpha value is -0.960. The molecule has 0 aliphatic rings. The van der Waals surface area contributed by atoms with Crippen molar-refractivity contribution < 1.29 is 0 Å². The van der Waals surface area contributed by atoms with Crippen LogP contribution in [0.2, 0.25) is 0 Å². The largest absolute Gasteiger partial charge is 0.322 e. The van der Waals surface area contributed by atoms with E-state index < -0.39 is 0 Å². The van der Waals surface area contributed by atoms with Crippen LogP contribution in [0.3, 0.4) is 0 Å². The maximum absolute atomic E-state index is 5.68. The fourth-order valence-electron chi connectivity index (χ4n) is 1.00. The Morgan fingerprint density at radius 2 is 1.50 bits per heavy atom. The summed E-state index contributed by atoms with van der Waals surface area (Å²) in [6.07, 6.45) is 0. The van der Waals surface area contributed by atoms with Crippen LogP contribution < -0.4 is 5.73 Å². The van der Waals surface area contributed by atoms with Crippen molar-refractivity contribution in [2.24, 2.45) is 5.73 Å². The van der Waals surface area contributed by atoms with Crippen LogP contribution in [0.4, 0.5) is 0 Å². The number of aromatic nitrogens is 2. The molecule has 0 amide bonds. The van der Waals surface area contributed by atoms with Crippen molar-refractivity contribution in [3.63, 3.8) is 0 Å². The van der Waals surface area contributed by atoms with Gasteiger partial charge in [-0.3, -0.25) is 0 Å². The summed E-state index contributed by atoms with van der Waals surface area (Å²) < 4.78 is 0. The topological polar surface area (TPSA) is 51.8 Å². The summed E-state index contributed by atoms with van der Waals surface area (Å²) in [7, 11) is 0. The minimum atomic E-state index is -0.0806. The molecule has 1 atom stereocenters. The van der Waals surface area contributed by atoms with E-state index in [9.17, 15) is 0 Å². The first-order chi connectivity index (χ1) is 5.52. The molecule has 0 aliphatic heterocycles. The van der Waals surface area contributed by atoms with Gasteiger partial charge >= 0.3 is 0 Å². The predicted molar refractivity (Wildman–Crippen MR) is 48.8 cm³/mol. The lowest BCUT2D eigenvalue weighted by Crippen LogP contribution is -2.12. The third-order valence-corrected chi connectivity index (χ3v) is 2.06. The summed E-state index contributed by atoms with van der Waals surface area (Å²) in [5, 5.41) is 0. The maximum Gasteiger partial charge on any atom is 0.145 e. The highest BCUT2D eigenvalue weighted by molar-refractivity contribution is 5.22. The van der Waals surface area contributed by atoms with Gasteiger partial charge in [-0.25, -0.2) is 9.97 Å². The molecule has 0 bridgehead atoms. The molecule has 1 unspecified atom stereocenters. The molecular formula is C9H15N3. The van der Waals surface area contributed by atoms with Crippen molar-refractivity contribution in [1.82, 2.24) is 9.97 Å². The Morgan fingerprint density at radius 1 is 1.08 bits per heavy atom. The number of rotatable bonds is 1. The zero-order valence-corrected chi connectivity index (χ0v) is 8.05. The Morgan fingerprint density at radius 3 is 1.83 bits per heavy atom. The zero-order chi connectivity index (χ0) is 9.30. The summed E-state index contributed by atoms with van der Waals surface area (Å²) in [6, 6.07) is -0.0806. The van der Waals surface area contributed by atoms with Gasteiger partial charge in [0, 0.05) is 11.4 Å². The van der Waals surface area contributed by atoms with Crippen LogP contribution in [0.1, 0.15) is 35.7 Å². The van der Waals surface area contributed by atoms with E-state index in [4.69, 9.17) is 5.73 Å². The third kappa shape index (κ3) is 1.61. The van der Waals surface area contributed by atoms with Crippen LogP contribution >= 0.6 is 0 Å². The van der Waals surface area contributed by atoms with Gasteiger partial charge in [-0.2, -0.15) is 0 Å². The lowest BCUT2D eigenvalue weighted by molar-refractivity contribution is 0.722. The van der Waals surface area contributed by atoms with Crippen molar-refractivity contribution in [2.45, 2.75) is 33.7 Å². The first-order valence-corrected chi connectivity index (χ1v) is 4.09. The van der Waals surface area contributed by atoms with Gasteiger partial charge in [0.05, 0.1) is 6.04 Å². The van der Waals surface area contributed by atoms with Crippen molar-refractivity contribution in [3.05, 3.63) is 22.8 Å². The van der Waals surface area contributed by atoms with E-state index in [0.717, 1.165) is 22.8 Å². The molecule has 0 spiro atoms. The van der Waals surface area contributed by atoms with Crippen LogP contribution in [0.5, 0.6) is 0 Å². The molecule has 0 fully saturated rings. The van der Waals surface area contributed by atoms with Gasteiger partial charge in [-0.1, -0.05) is 0 Å². The summed E-state index contributed by atoms with van der Waals surface area (Å²) in [4.78, 5) is 8.59. The second-order valence-electron chi connectivity index (χ2n) is 3.17. The van der Waals surface area contributed by atoms with Gasteiger partial charge in [0.15, 0.2) is 0 Å².